The van der Waals surface area contributed by atoms with Gasteiger partial charge in [-0.2, -0.15) is 0 Å². The van der Waals surface area contributed by atoms with Crippen molar-refractivity contribution in [2.75, 3.05) is 0 Å². The highest BCUT2D eigenvalue weighted by atomic mass is 15.0. The van der Waals surface area contributed by atoms with E-state index < -0.39 is 0 Å². The Morgan fingerprint density at radius 1 is 0.440 bits per heavy atom. The first-order valence-electron chi connectivity index (χ1n) is 19.3. The highest BCUT2D eigenvalue weighted by Crippen LogP contribution is 2.45. The maximum Gasteiger partial charge on any atom is 0.0544 e. The van der Waals surface area contributed by atoms with E-state index in [2.05, 4.69) is 132 Å². The molecule has 0 spiro atoms. The van der Waals surface area contributed by atoms with Crippen LogP contribution in [-0.2, 0) is 6.42 Å². The van der Waals surface area contributed by atoms with Crippen LogP contribution in [0.25, 0.3) is 60.9 Å². The number of hydrogen-bond acceptors (Lipinski definition) is 0. The van der Waals surface area contributed by atoms with Gasteiger partial charge in [-0.05, 0) is 124 Å². The van der Waals surface area contributed by atoms with Crippen LogP contribution >= 0.6 is 0 Å². The van der Waals surface area contributed by atoms with Crippen LogP contribution < -0.4 is 0 Å². The Kier molecular flexibility index (Phi) is 7.48. The number of rotatable bonds is 5. The summed E-state index contributed by atoms with van der Waals surface area (Å²) in [6.45, 7) is 0. The zero-order valence-corrected chi connectivity index (χ0v) is 29.0. The third-order valence-corrected chi connectivity index (χ3v) is 12.4. The van der Waals surface area contributed by atoms with Gasteiger partial charge in [-0.3, -0.25) is 0 Å². The van der Waals surface area contributed by atoms with Crippen molar-refractivity contribution in [3.05, 3.63) is 150 Å². The lowest BCUT2D eigenvalue weighted by molar-refractivity contribution is 0.444. The van der Waals surface area contributed by atoms with Gasteiger partial charge >= 0.3 is 0 Å². The summed E-state index contributed by atoms with van der Waals surface area (Å²) in [5.74, 6) is 1.35. The molecule has 0 saturated heterocycles. The molecular weight excluding hydrogens is 603 g/mol. The molecule has 0 aliphatic heterocycles. The summed E-state index contributed by atoms with van der Waals surface area (Å²) in [4.78, 5) is 0. The monoisotopic (exact) mass is 647 g/mol. The van der Waals surface area contributed by atoms with Gasteiger partial charge in [0.15, 0.2) is 0 Å². The summed E-state index contributed by atoms with van der Waals surface area (Å²) in [6, 6.07) is 48.9. The van der Waals surface area contributed by atoms with E-state index in [1.54, 1.807) is 11.1 Å². The van der Waals surface area contributed by atoms with Crippen LogP contribution in [0.3, 0.4) is 0 Å². The Morgan fingerprint density at radius 2 is 1.12 bits per heavy atom. The third kappa shape index (κ3) is 5.05. The predicted molar refractivity (Wildman–Crippen MR) is 212 cm³/mol. The smallest absolute Gasteiger partial charge is 0.0544 e. The number of benzene rings is 6. The molecule has 2 saturated carbocycles. The molecule has 3 aliphatic carbocycles. The molecule has 0 amide bonds. The van der Waals surface area contributed by atoms with Crippen molar-refractivity contribution < 1.29 is 0 Å². The minimum absolute atomic E-state index is 0.653. The van der Waals surface area contributed by atoms with E-state index >= 15 is 0 Å². The van der Waals surface area contributed by atoms with Crippen LogP contribution in [0.1, 0.15) is 98.3 Å². The molecule has 1 aromatic heterocycles. The molecule has 3 aliphatic rings. The zero-order chi connectivity index (χ0) is 33.0. The maximum atomic E-state index is 2.60. The Bertz CT molecular complexity index is 2360. The largest absolute Gasteiger partial charge is 0.309 e. The predicted octanol–water partition coefficient (Wildman–Crippen LogP) is 13.8. The number of para-hydroxylation sites is 1. The second-order valence-electron chi connectivity index (χ2n) is 15.3. The molecule has 10 rings (SSSR count). The number of aromatic nitrogens is 1. The van der Waals surface area contributed by atoms with Gasteiger partial charge in [0.2, 0.25) is 0 Å². The lowest BCUT2D eigenvalue weighted by atomic mass is 9.81. The highest BCUT2D eigenvalue weighted by Gasteiger charge is 2.25. The van der Waals surface area contributed by atoms with E-state index in [1.807, 2.05) is 0 Å². The first-order chi connectivity index (χ1) is 24.8. The average Bonchev–Trinajstić information content (AvgIpc) is 3.74. The third-order valence-electron chi connectivity index (χ3n) is 12.4. The van der Waals surface area contributed by atoms with E-state index in [-0.39, 0.29) is 0 Å². The molecule has 1 heteroatoms. The molecule has 50 heavy (non-hydrogen) atoms. The van der Waals surface area contributed by atoms with Crippen molar-refractivity contribution >= 4 is 21.8 Å². The van der Waals surface area contributed by atoms with Crippen molar-refractivity contribution in [1.82, 2.24) is 4.57 Å². The quantitative estimate of drug-likeness (QED) is 0.175. The molecule has 0 radical (unpaired) electrons. The molecule has 0 unspecified atom stereocenters. The van der Waals surface area contributed by atoms with Crippen LogP contribution in [0, 0.1) is 0 Å². The van der Waals surface area contributed by atoms with E-state index in [4.69, 9.17) is 0 Å². The van der Waals surface area contributed by atoms with Crippen LogP contribution in [0.2, 0.25) is 0 Å². The topological polar surface area (TPSA) is 4.93 Å². The fraction of sp³-hybridized carbons (Fsp3) is 0.265. The minimum Gasteiger partial charge on any atom is -0.309 e. The normalized spacial score (nSPS) is 16.6. The minimum atomic E-state index is 0.653. The summed E-state index contributed by atoms with van der Waals surface area (Å²) >= 11 is 0. The van der Waals surface area contributed by atoms with Gasteiger partial charge in [-0.25, -0.2) is 0 Å². The van der Waals surface area contributed by atoms with Gasteiger partial charge < -0.3 is 4.57 Å². The molecule has 0 atom stereocenters. The van der Waals surface area contributed by atoms with Gasteiger partial charge in [0.25, 0.3) is 0 Å². The van der Waals surface area contributed by atoms with Crippen LogP contribution in [-0.4, -0.2) is 4.57 Å². The van der Waals surface area contributed by atoms with Crippen molar-refractivity contribution in [2.45, 2.75) is 82.5 Å². The summed E-state index contributed by atoms with van der Waals surface area (Å²) in [6.07, 6.45) is 14.5. The van der Waals surface area contributed by atoms with Gasteiger partial charge in [-0.15, -0.1) is 0 Å². The zero-order valence-electron chi connectivity index (χ0n) is 29.0. The molecule has 6 aromatic carbocycles. The van der Waals surface area contributed by atoms with Gasteiger partial charge in [0, 0.05) is 16.3 Å². The first-order valence-corrected chi connectivity index (χ1v) is 19.3. The van der Waals surface area contributed by atoms with Crippen LogP contribution in [0.5, 0.6) is 0 Å². The second kappa shape index (κ2) is 12.5. The number of nitrogens with zero attached hydrogens (tertiary/aromatic N) is 1. The lowest BCUT2D eigenvalue weighted by Gasteiger charge is -2.23. The summed E-state index contributed by atoms with van der Waals surface area (Å²) in [5, 5.41) is 2.95. The summed E-state index contributed by atoms with van der Waals surface area (Å²) < 4.78 is 2.59. The Labute approximate surface area is 296 Å². The van der Waals surface area contributed by atoms with E-state index in [9.17, 15) is 0 Å². The van der Waals surface area contributed by atoms with Crippen LogP contribution in [0.4, 0.5) is 0 Å². The highest BCUT2D eigenvalue weighted by molar-refractivity contribution is 6.12. The van der Waals surface area contributed by atoms with E-state index in [0.717, 1.165) is 6.42 Å². The van der Waals surface area contributed by atoms with E-state index in [0.29, 0.717) is 11.8 Å². The second-order valence-corrected chi connectivity index (χ2v) is 15.3. The fourth-order valence-electron chi connectivity index (χ4n) is 9.88. The Balaban J connectivity index is 1.09. The number of hydrogen-bond donors (Lipinski definition) is 0. The van der Waals surface area contributed by atoms with Crippen molar-refractivity contribution in [2.24, 2.45) is 0 Å². The maximum absolute atomic E-state index is 2.60. The molecule has 246 valence electrons. The van der Waals surface area contributed by atoms with Gasteiger partial charge in [0.1, 0.15) is 0 Å². The van der Waals surface area contributed by atoms with Crippen LogP contribution in [0.15, 0.2) is 127 Å². The van der Waals surface area contributed by atoms with Crippen molar-refractivity contribution in [3.63, 3.8) is 0 Å². The van der Waals surface area contributed by atoms with Crippen molar-refractivity contribution in [3.8, 4) is 39.1 Å². The Morgan fingerprint density at radius 3 is 1.94 bits per heavy atom. The first kappa shape index (κ1) is 30.0. The molecule has 7 aromatic rings. The fourth-order valence-corrected chi connectivity index (χ4v) is 9.88. The average molecular weight is 648 g/mol. The Hall–Kier alpha value is -4.88. The molecular formula is C49H45N. The SMILES string of the molecule is c1ccc2c(c1)Cc1ccc(-c3ccc(-c4ccccc4-n4c5ccc(C6CCCCC6)cc5c5c(C6CCCCC6)cccc54)cc3)cc1-2. The molecule has 2 fully saturated rings. The molecule has 1 heterocycles. The molecule has 0 bridgehead atoms. The summed E-state index contributed by atoms with van der Waals surface area (Å²) in [5.41, 5.74) is 17.8. The molecule has 1 nitrogen and oxygen atoms in total. The molecule has 0 N–H and O–H groups in total. The lowest BCUT2D eigenvalue weighted by Crippen LogP contribution is -2.05. The van der Waals surface area contributed by atoms with Gasteiger partial charge in [-0.1, -0.05) is 136 Å². The number of fused-ring (bicyclic) bond motifs is 6. The van der Waals surface area contributed by atoms with E-state index in [1.165, 1.54) is 136 Å². The van der Waals surface area contributed by atoms with Crippen molar-refractivity contribution in [1.29, 1.82) is 0 Å². The standard InChI is InChI=1S/C49H45N/c1-3-12-33(13-4-1)38-28-29-47-45(32-38)49-43(35-14-5-2-6-15-35)19-11-21-48(49)50(47)46-20-10-9-18-42(46)36-24-22-34(23-25-36)37-26-27-40-30-39-16-7-8-17-41(39)44(40)31-37/h7-11,16-29,31-33,35H,1-6,12-15,30H2. The summed E-state index contributed by atoms with van der Waals surface area (Å²) in [7, 11) is 0. The van der Waals surface area contributed by atoms with Gasteiger partial charge in [0.05, 0.1) is 16.7 Å².